The lowest BCUT2D eigenvalue weighted by Gasteiger charge is -2.24. The summed E-state index contributed by atoms with van der Waals surface area (Å²) in [5.74, 6) is -5.00. The Labute approximate surface area is 217 Å². The Morgan fingerprint density at radius 1 is 0.771 bits per heavy atom. The summed E-state index contributed by atoms with van der Waals surface area (Å²) in [5, 5.41) is 12.3. The molecule has 3 aromatic carbocycles. The number of aliphatic carboxylic acids is 1. The summed E-state index contributed by atoms with van der Waals surface area (Å²) >= 11 is 15.3. The monoisotopic (exact) mass is 579 g/mol. The average Bonchev–Trinajstić information content (AvgIpc) is 2.81. The van der Waals surface area contributed by atoms with Gasteiger partial charge in [0.05, 0.1) is 21.2 Å². The molecule has 2 atom stereocenters. The molecule has 35 heavy (non-hydrogen) atoms. The highest BCUT2D eigenvalue weighted by Crippen LogP contribution is 2.22. The maximum absolute atomic E-state index is 13.1. The molecule has 3 rings (SSSR count). The van der Waals surface area contributed by atoms with Crippen molar-refractivity contribution in [2.24, 2.45) is 0 Å². The van der Waals surface area contributed by atoms with Gasteiger partial charge in [0.25, 0.3) is 5.91 Å². The molecule has 11 heteroatoms. The first kappa shape index (κ1) is 26.2. The quantitative estimate of drug-likeness (QED) is 0.350. The van der Waals surface area contributed by atoms with Crippen LogP contribution >= 0.6 is 39.1 Å². The van der Waals surface area contributed by atoms with E-state index in [4.69, 9.17) is 32.7 Å². The van der Waals surface area contributed by atoms with E-state index in [2.05, 4.69) is 21.2 Å². The molecule has 1 amide bonds. The molecule has 0 aromatic heterocycles. The second-order valence-corrected chi connectivity index (χ2v) is 8.68. The summed E-state index contributed by atoms with van der Waals surface area (Å²) in [5.41, 5.74) is 0.0183. The van der Waals surface area contributed by atoms with Gasteiger partial charge in [-0.1, -0.05) is 69.5 Å². The number of halogens is 3. The van der Waals surface area contributed by atoms with Crippen molar-refractivity contribution in [3.63, 3.8) is 0 Å². The van der Waals surface area contributed by atoms with Crippen LogP contribution in [0.2, 0.25) is 10.0 Å². The number of hydrogen-bond acceptors (Lipinski definition) is 6. The van der Waals surface area contributed by atoms with Gasteiger partial charge in [-0.15, -0.1) is 0 Å². The zero-order chi connectivity index (χ0) is 25.5. The minimum atomic E-state index is -2.21. The van der Waals surface area contributed by atoms with Crippen LogP contribution < -0.4 is 5.32 Å². The zero-order valence-electron chi connectivity index (χ0n) is 17.6. The molecule has 0 saturated heterocycles. The largest absolute Gasteiger partial charge is 0.478 e. The van der Waals surface area contributed by atoms with Gasteiger partial charge in [-0.2, -0.15) is 0 Å². The molecule has 0 aliphatic carbocycles. The lowest BCUT2D eigenvalue weighted by Crippen LogP contribution is -2.48. The van der Waals surface area contributed by atoms with Crippen molar-refractivity contribution >= 4 is 68.6 Å². The predicted molar refractivity (Wildman–Crippen MR) is 132 cm³/mol. The molecule has 0 unspecified atom stereocenters. The zero-order valence-corrected chi connectivity index (χ0v) is 20.7. The van der Waals surface area contributed by atoms with E-state index in [0.717, 1.165) is 0 Å². The number of hydrogen-bond donors (Lipinski definition) is 2. The molecular weight excluding hydrogens is 565 g/mol. The van der Waals surface area contributed by atoms with Gasteiger partial charge in [0.2, 0.25) is 12.2 Å². The Kier molecular flexibility index (Phi) is 8.86. The maximum atomic E-state index is 13.1. The molecule has 8 nitrogen and oxygen atoms in total. The van der Waals surface area contributed by atoms with Crippen molar-refractivity contribution in [3.05, 3.63) is 98.4 Å². The van der Waals surface area contributed by atoms with Gasteiger partial charge in [0, 0.05) is 10.2 Å². The van der Waals surface area contributed by atoms with Crippen LogP contribution in [0.1, 0.15) is 20.7 Å². The first-order valence-electron chi connectivity index (χ1n) is 9.87. The average molecular weight is 581 g/mol. The Balaban J connectivity index is 1.94. The van der Waals surface area contributed by atoms with Gasteiger partial charge in [0.1, 0.15) is 0 Å². The molecule has 0 bridgehead atoms. The summed E-state index contributed by atoms with van der Waals surface area (Å²) in [6.45, 7) is 0. The van der Waals surface area contributed by atoms with Crippen LogP contribution in [0.3, 0.4) is 0 Å². The molecule has 3 aromatic rings. The SMILES string of the molecule is O=C(O[C@H](C(=O)Nc1cccc(Br)c1)[C@@H](OC(=O)c1ccccc1Cl)C(=O)O)c1ccccc1Cl. The molecule has 0 saturated carbocycles. The number of nitrogens with one attached hydrogen (secondary N) is 1. The second-order valence-electron chi connectivity index (χ2n) is 6.95. The van der Waals surface area contributed by atoms with Crippen LogP contribution in [0.5, 0.6) is 0 Å². The minimum absolute atomic E-state index is 0.00448. The molecule has 180 valence electrons. The van der Waals surface area contributed by atoms with Gasteiger partial charge in [-0.05, 0) is 42.5 Å². The van der Waals surface area contributed by atoms with Crippen molar-refractivity contribution in [2.75, 3.05) is 5.32 Å². The fourth-order valence-corrected chi connectivity index (χ4v) is 3.71. The Morgan fingerprint density at radius 3 is 1.77 bits per heavy atom. The first-order valence-corrected chi connectivity index (χ1v) is 11.4. The lowest BCUT2D eigenvalue weighted by atomic mass is 10.1. The van der Waals surface area contributed by atoms with Gasteiger partial charge in [0.15, 0.2) is 0 Å². The summed E-state index contributed by atoms with van der Waals surface area (Å²) in [7, 11) is 0. The summed E-state index contributed by atoms with van der Waals surface area (Å²) < 4.78 is 10.9. The smallest absolute Gasteiger partial charge is 0.349 e. The van der Waals surface area contributed by atoms with Crippen LogP contribution in [0.4, 0.5) is 5.69 Å². The van der Waals surface area contributed by atoms with Crippen LogP contribution in [-0.2, 0) is 19.1 Å². The Hall–Kier alpha value is -3.40. The van der Waals surface area contributed by atoms with Crippen molar-refractivity contribution in [2.45, 2.75) is 12.2 Å². The second kappa shape index (κ2) is 11.8. The number of rotatable bonds is 8. The van der Waals surface area contributed by atoms with Crippen molar-refractivity contribution in [1.29, 1.82) is 0 Å². The predicted octanol–water partition coefficient (Wildman–Crippen LogP) is 5.23. The van der Waals surface area contributed by atoms with E-state index in [1.165, 1.54) is 48.5 Å². The van der Waals surface area contributed by atoms with Gasteiger partial charge >= 0.3 is 17.9 Å². The summed E-state index contributed by atoms with van der Waals surface area (Å²) in [6.07, 6.45) is -4.29. The van der Waals surface area contributed by atoms with Crippen LogP contribution in [-0.4, -0.2) is 41.1 Å². The van der Waals surface area contributed by atoms with Crippen LogP contribution in [0.15, 0.2) is 77.3 Å². The molecule has 0 aliphatic heterocycles. The number of carboxylic acids is 1. The van der Waals surface area contributed by atoms with E-state index in [1.54, 1.807) is 24.3 Å². The molecular formula is C24H16BrCl2NO7. The van der Waals surface area contributed by atoms with Crippen molar-refractivity contribution in [1.82, 2.24) is 0 Å². The minimum Gasteiger partial charge on any atom is -0.478 e. The van der Waals surface area contributed by atoms with E-state index in [0.29, 0.717) is 4.47 Å². The normalized spacial score (nSPS) is 12.2. The standard InChI is InChI=1S/C24H16BrCl2NO7/c25-13-6-5-7-14(12-13)28-21(29)19(34-23(32)15-8-1-3-10-17(15)26)20(22(30)31)35-24(33)16-9-2-4-11-18(16)27/h1-12,19-20H,(H,28,29)(H,30,31)/t19-,20+/m0/s1. The van der Waals surface area contributed by atoms with E-state index in [-0.39, 0.29) is 26.9 Å². The van der Waals surface area contributed by atoms with Crippen molar-refractivity contribution < 1.29 is 33.8 Å². The van der Waals surface area contributed by atoms with E-state index >= 15 is 0 Å². The number of carbonyl (C=O) groups is 4. The third-order valence-corrected chi connectivity index (χ3v) is 5.68. The number of ether oxygens (including phenoxy) is 2. The number of anilines is 1. The Morgan fingerprint density at radius 2 is 1.29 bits per heavy atom. The highest BCUT2D eigenvalue weighted by Gasteiger charge is 2.41. The number of esters is 2. The lowest BCUT2D eigenvalue weighted by molar-refractivity contribution is -0.157. The highest BCUT2D eigenvalue weighted by molar-refractivity contribution is 9.10. The third kappa shape index (κ3) is 6.82. The topological polar surface area (TPSA) is 119 Å². The number of carbonyl (C=O) groups excluding carboxylic acids is 3. The summed E-state index contributed by atoms with van der Waals surface area (Å²) in [6, 6.07) is 18.0. The van der Waals surface area contributed by atoms with Gasteiger partial charge in [-0.25, -0.2) is 14.4 Å². The number of benzene rings is 3. The molecule has 0 heterocycles. The first-order chi connectivity index (χ1) is 16.7. The van der Waals surface area contributed by atoms with Crippen LogP contribution in [0, 0.1) is 0 Å². The maximum Gasteiger partial charge on any atom is 0.349 e. The fraction of sp³-hybridized carbons (Fsp3) is 0.0833. The molecule has 0 aliphatic rings. The van der Waals surface area contributed by atoms with E-state index in [9.17, 15) is 24.3 Å². The van der Waals surface area contributed by atoms with Crippen molar-refractivity contribution in [3.8, 4) is 0 Å². The summed E-state index contributed by atoms with van der Waals surface area (Å²) in [4.78, 5) is 50.6. The number of carboxylic acid groups (broad SMARTS) is 1. The molecule has 0 radical (unpaired) electrons. The molecule has 2 N–H and O–H groups in total. The van der Waals surface area contributed by atoms with E-state index < -0.39 is 36.0 Å². The fourth-order valence-electron chi connectivity index (χ4n) is 2.89. The Bertz CT molecular complexity index is 1280. The third-order valence-electron chi connectivity index (χ3n) is 4.52. The van der Waals surface area contributed by atoms with Gasteiger partial charge < -0.3 is 19.9 Å². The number of amides is 1. The van der Waals surface area contributed by atoms with Gasteiger partial charge in [-0.3, -0.25) is 4.79 Å². The molecule has 0 fully saturated rings. The highest BCUT2D eigenvalue weighted by atomic mass is 79.9. The molecule has 0 spiro atoms. The van der Waals surface area contributed by atoms with E-state index in [1.807, 2.05) is 0 Å². The van der Waals surface area contributed by atoms with Crippen LogP contribution in [0.25, 0.3) is 0 Å².